The maximum Gasteiger partial charge on any atom is 0.0589 e. The Kier molecular flexibility index (Phi) is 3.37. The number of aliphatic hydroxyl groups is 1. The fourth-order valence-electron chi connectivity index (χ4n) is 3.79. The quantitative estimate of drug-likeness (QED) is 0.817. The van der Waals surface area contributed by atoms with Gasteiger partial charge in [-0.25, -0.2) is 0 Å². The van der Waals surface area contributed by atoms with E-state index in [0.29, 0.717) is 12.0 Å². The second-order valence-corrected chi connectivity index (χ2v) is 5.65. The number of rotatable bonds is 5. The van der Waals surface area contributed by atoms with E-state index in [-0.39, 0.29) is 6.61 Å². The Hall–Kier alpha value is -0.900. The van der Waals surface area contributed by atoms with E-state index in [1.807, 2.05) is 6.07 Å². The lowest BCUT2D eigenvalue weighted by Crippen LogP contribution is -2.37. The highest BCUT2D eigenvalue weighted by molar-refractivity contribution is 5.17. The lowest BCUT2D eigenvalue weighted by atomic mass is 10.1. The summed E-state index contributed by atoms with van der Waals surface area (Å²) in [7, 11) is 0. The molecule has 2 aliphatic rings. The number of piperidine rings is 1. The molecule has 1 aliphatic heterocycles. The van der Waals surface area contributed by atoms with Crippen molar-refractivity contribution < 1.29 is 5.11 Å². The molecular weight excluding hydrogens is 224 g/mol. The van der Waals surface area contributed by atoms with Crippen LogP contribution in [0.25, 0.3) is 0 Å². The first kappa shape index (κ1) is 12.2. The van der Waals surface area contributed by atoms with Crippen molar-refractivity contribution >= 4 is 0 Å². The van der Waals surface area contributed by atoms with Gasteiger partial charge in [-0.2, -0.15) is 0 Å². The summed E-state index contributed by atoms with van der Waals surface area (Å²) in [6.45, 7) is 3.17. The van der Waals surface area contributed by atoms with Gasteiger partial charge in [0.15, 0.2) is 0 Å². The molecule has 4 atom stereocenters. The molecule has 3 heteroatoms. The summed E-state index contributed by atoms with van der Waals surface area (Å²) in [5.74, 6) is 2.26. The van der Waals surface area contributed by atoms with Crippen LogP contribution in [0.2, 0.25) is 0 Å². The zero-order valence-electron chi connectivity index (χ0n) is 10.7. The first-order valence-corrected chi connectivity index (χ1v) is 6.94. The summed E-state index contributed by atoms with van der Waals surface area (Å²) in [6, 6.07) is 10.9. The van der Waals surface area contributed by atoms with Crippen molar-refractivity contribution in [3.63, 3.8) is 0 Å². The molecule has 0 spiro atoms. The molecule has 0 aromatic heterocycles. The summed E-state index contributed by atoms with van der Waals surface area (Å²) in [6.07, 6.45) is 1.13. The first-order chi connectivity index (χ1) is 8.85. The molecule has 18 heavy (non-hydrogen) atoms. The molecular formula is C15H22N2O. The second-order valence-electron chi connectivity index (χ2n) is 5.65. The van der Waals surface area contributed by atoms with Gasteiger partial charge in [0.25, 0.3) is 0 Å². The topological polar surface area (TPSA) is 49.5 Å². The van der Waals surface area contributed by atoms with Crippen LogP contribution in [0.1, 0.15) is 12.0 Å². The average molecular weight is 246 g/mol. The zero-order chi connectivity index (χ0) is 12.5. The molecule has 1 saturated heterocycles. The number of nitrogens with two attached hydrogens (primary N) is 1. The highest BCUT2D eigenvalue weighted by Gasteiger charge is 2.59. The molecule has 0 amide bonds. The van der Waals surface area contributed by atoms with Crippen molar-refractivity contribution in [2.75, 3.05) is 19.7 Å². The Balaban J connectivity index is 1.63. The van der Waals surface area contributed by atoms with Crippen LogP contribution in [0.3, 0.4) is 0 Å². The van der Waals surface area contributed by atoms with Crippen LogP contribution in [-0.4, -0.2) is 35.7 Å². The molecule has 0 bridgehead atoms. The first-order valence-electron chi connectivity index (χ1n) is 6.94. The number of likely N-dealkylation sites (tertiary alicyclic amines) is 1. The van der Waals surface area contributed by atoms with Gasteiger partial charge in [-0.1, -0.05) is 30.3 Å². The average Bonchev–Trinajstić information content (AvgIpc) is 2.92. The van der Waals surface area contributed by atoms with E-state index < -0.39 is 0 Å². The van der Waals surface area contributed by atoms with E-state index in [1.54, 1.807) is 0 Å². The molecule has 3 nitrogen and oxygen atoms in total. The number of benzene rings is 1. The van der Waals surface area contributed by atoms with Crippen LogP contribution in [0.4, 0.5) is 0 Å². The van der Waals surface area contributed by atoms with Crippen LogP contribution in [0.15, 0.2) is 30.3 Å². The maximum absolute atomic E-state index is 9.62. The van der Waals surface area contributed by atoms with Gasteiger partial charge in [-0.3, -0.25) is 4.90 Å². The molecule has 0 radical (unpaired) electrons. The second kappa shape index (κ2) is 5.00. The summed E-state index contributed by atoms with van der Waals surface area (Å²) >= 11 is 0. The SMILES string of the molecule is NCC[C@@H]1[C@H]2CN(Cc3ccccc3)[C@H](CO)[C@@H]12. The minimum absolute atomic E-state index is 0.287. The Labute approximate surface area is 109 Å². The van der Waals surface area contributed by atoms with Gasteiger partial charge in [0.1, 0.15) is 0 Å². The van der Waals surface area contributed by atoms with Gasteiger partial charge in [0.05, 0.1) is 6.61 Å². The lowest BCUT2D eigenvalue weighted by molar-refractivity contribution is 0.121. The smallest absolute Gasteiger partial charge is 0.0589 e. The Morgan fingerprint density at radius 2 is 2.06 bits per heavy atom. The van der Waals surface area contributed by atoms with Gasteiger partial charge in [-0.15, -0.1) is 0 Å². The Morgan fingerprint density at radius 1 is 1.28 bits per heavy atom. The third-order valence-electron chi connectivity index (χ3n) is 4.67. The van der Waals surface area contributed by atoms with Crippen molar-refractivity contribution in [1.29, 1.82) is 0 Å². The Bertz CT molecular complexity index is 395. The van der Waals surface area contributed by atoms with Gasteiger partial charge >= 0.3 is 0 Å². The van der Waals surface area contributed by atoms with Crippen molar-refractivity contribution in [1.82, 2.24) is 4.90 Å². The summed E-state index contributed by atoms with van der Waals surface area (Å²) < 4.78 is 0. The van der Waals surface area contributed by atoms with Crippen molar-refractivity contribution in [3.8, 4) is 0 Å². The van der Waals surface area contributed by atoms with Crippen molar-refractivity contribution in [3.05, 3.63) is 35.9 Å². The van der Waals surface area contributed by atoms with Crippen molar-refractivity contribution in [2.45, 2.75) is 19.0 Å². The van der Waals surface area contributed by atoms with E-state index in [4.69, 9.17) is 5.73 Å². The minimum Gasteiger partial charge on any atom is -0.395 e. The van der Waals surface area contributed by atoms with Gasteiger partial charge < -0.3 is 10.8 Å². The third-order valence-corrected chi connectivity index (χ3v) is 4.67. The minimum atomic E-state index is 0.287. The Morgan fingerprint density at radius 3 is 2.72 bits per heavy atom. The molecule has 0 unspecified atom stereocenters. The molecule has 2 fully saturated rings. The molecule has 98 valence electrons. The number of nitrogens with zero attached hydrogens (tertiary/aromatic N) is 1. The molecule has 3 rings (SSSR count). The number of hydrogen-bond donors (Lipinski definition) is 2. The predicted molar refractivity (Wildman–Crippen MR) is 71.9 cm³/mol. The summed E-state index contributed by atoms with van der Waals surface area (Å²) in [5, 5.41) is 9.62. The molecule has 1 aliphatic carbocycles. The third kappa shape index (κ3) is 2.07. The van der Waals surface area contributed by atoms with E-state index in [0.717, 1.165) is 37.9 Å². The van der Waals surface area contributed by atoms with Crippen LogP contribution in [0, 0.1) is 17.8 Å². The summed E-state index contributed by atoms with van der Waals surface area (Å²) in [5.41, 5.74) is 6.98. The van der Waals surface area contributed by atoms with E-state index in [9.17, 15) is 5.11 Å². The molecule has 1 aromatic carbocycles. The summed E-state index contributed by atoms with van der Waals surface area (Å²) in [4.78, 5) is 2.44. The largest absolute Gasteiger partial charge is 0.395 e. The van der Waals surface area contributed by atoms with E-state index in [1.165, 1.54) is 5.56 Å². The molecule has 1 heterocycles. The highest BCUT2D eigenvalue weighted by Crippen LogP contribution is 2.56. The normalized spacial score (nSPS) is 34.6. The van der Waals surface area contributed by atoms with Gasteiger partial charge in [-0.05, 0) is 36.3 Å². The molecule has 3 N–H and O–H groups in total. The fourth-order valence-corrected chi connectivity index (χ4v) is 3.79. The number of hydrogen-bond acceptors (Lipinski definition) is 3. The zero-order valence-corrected chi connectivity index (χ0v) is 10.7. The van der Waals surface area contributed by atoms with E-state index >= 15 is 0 Å². The van der Waals surface area contributed by atoms with Crippen molar-refractivity contribution in [2.24, 2.45) is 23.5 Å². The monoisotopic (exact) mass is 246 g/mol. The maximum atomic E-state index is 9.62. The predicted octanol–water partition coefficient (Wildman–Crippen LogP) is 1.07. The number of aliphatic hydroxyl groups excluding tert-OH is 1. The standard InChI is InChI=1S/C15H22N2O/c16-7-6-12-13-9-17(14(10-18)15(12)13)8-11-4-2-1-3-5-11/h1-5,12-15,18H,6-10,16H2/t12-,13-,14-,15+/m1/s1. The fraction of sp³-hybridized carbons (Fsp3) is 0.600. The van der Waals surface area contributed by atoms with E-state index in [2.05, 4.69) is 29.2 Å². The van der Waals surface area contributed by atoms with Gasteiger partial charge in [0.2, 0.25) is 0 Å². The van der Waals surface area contributed by atoms with Crippen LogP contribution in [0.5, 0.6) is 0 Å². The van der Waals surface area contributed by atoms with Crippen LogP contribution in [-0.2, 0) is 6.54 Å². The van der Waals surface area contributed by atoms with Crippen LogP contribution >= 0.6 is 0 Å². The van der Waals surface area contributed by atoms with Gasteiger partial charge in [0, 0.05) is 19.1 Å². The van der Waals surface area contributed by atoms with Crippen LogP contribution < -0.4 is 5.73 Å². The highest BCUT2D eigenvalue weighted by atomic mass is 16.3. The number of fused-ring (bicyclic) bond motifs is 1. The molecule has 1 aromatic rings. The lowest BCUT2D eigenvalue weighted by Gasteiger charge is -2.27. The molecule has 1 saturated carbocycles.